The van der Waals surface area contributed by atoms with E-state index in [9.17, 15) is 19.1 Å². The summed E-state index contributed by atoms with van der Waals surface area (Å²) in [7, 11) is 0. The summed E-state index contributed by atoms with van der Waals surface area (Å²) in [5.41, 5.74) is 0.606. The van der Waals surface area contributed by atoms with Crippen molar-refractivity contribution in [2.45, 2.75) is 65.6 Å². The molecule has 194 valence electrons. The molecule has 1 aromatic heterocycles. The van der Waals surface area contributed by atoms with Crippen molar-refractivity contribution in [3.63, 3.8) is 0 Å². The van der Waals surface area contributed by atoms with Crippen LogP contribution in [0, 0.1) is 16.7 Å². The molecule has 2 aliphatic rings. The van der Waals surface area contributed by atoms with E-state index in [1.807, 2.05) is 39.8 Å². The van der Waals surface area contributed by atoms with Crippen LogP contribution in [0.3, 0.4) is 0 Å². The molecule has 1 fully saturated rings. The normalized spacial score (nSPS) is 23.8. The Morgan fingerprint density at radius 1 is 1.42 bits per heavy atom. The third-order valence-electron chi connectivity index (χ3n) is 7.36. The van der Waals surface area contributed by atoms with Gasteiger partial charge in [0.05, 0.1) is 12.3 Å². The summed E-state index contributed by atoms with van der Waals surface area (Å²) in [4.78, 5) is 24.1. The van der Waals surface area contributed by atoms with E-state index in [1.54, 1.807) is 23.6 Å². The Morgan fingerprint density at radius 3 is 2.67 bits per heavy atom. The highest BCUT2D eigenvalue weighted by atomic mass is 19.1. The topological polar surface area (TPSA) is 92.4 Å². The largest absolute Gasteiger partial charge is 0.477 e. The molecule has 7 heteroatoms. The number of hydrogen-bond acceptors (Lipinski definition) is 4. The summed E-state index contributed by atoms with van der Waals surface area (Å²) in [6.07, 6.45) is 10.1. The van der Waals surface area contributed by atoms with E-state index in [-0.39, 0.29) is 22.9 Å². The molecule has 1 aromatic rings. The third-order valence-corrected chi connectivity index (χ3v) is 7.36. The molecule has 36 heavy (non-hydrogen) atoms. The lowest BCUT2D eigenvalue weighted by atomic mass is 9.69. The van der Waals surface area contributed by atoms with Crippen LogP contribution in [0.4, 0.5) is 4.39 Å². The van der Waals surface area contributed by atoms with Crippen molar-refractivity contribution in [1.29, 1.82) is 5.41 Å². The molecule has 3 rings (SSSR count). The first-order valence-electron chi connectivity index (χ1n) is 12.3. The van der Waals surface area contributed by atoms with Crippen molar-refractivity contribution in [1.82, 2.24) is 4.57 Å². The number of nitrogens with zero attached hydrogens (tertiary/aromatic N) is 1. The van der Waals surface area contributed by atoms with Crippen LogP contribution in [-0.2, 0) is 4.74 Å². The zero-order valence-electron chi connectivity index (χ0n) is 21.9. The van der Waals surface area contributed by atoms with Gasteiger partial charge in [0, 0.05) is 36.2 Å². The molecule has 1 unspecified atom stereocenters. The number of ether oxygens (including phenoxy) is 1. The van der Waals surface area contributed by atoms with Gasteiger partial charge in [-0.25, -0.2) is 9.18 Å². The van der Waals surface area contributed by atoms with Crippen molar-refractivity contribution in [3.8, 4) is 0 Å². The van der Waals surface area contributed by atoms with E-state index >= 15 is 0 Å². The van der Waals surface area contributed by atoms with Gasteiger partial charge in [0.2, 0.25) is 0 Å². The molecule has 0 aromatic carbocycles. The summed E-state index contributed by atoms with van der Waals surface area (Å²) in [5.74, 6) is -1.07. The van der Waals surface area contributed by atoms with Crippen molar-refractivity contribution in [3.05, 3.63) is 75.3 Å². The molecular formula is C29H37FN2O4. The molecule has 1 heterocycles. The average Bonchev–Trinajstić information content (AvgIpc) is 2.76. The smallest absolute Gasteiger partial charge is 0.341 e. The lowest BCUT2D eigenvalue weighted by Gasteiger charge is -2.41. The van der Waals surface area contributed by atoms with E-state index in [2.05, 4.69) is 6.58 Å². The maximum Gasteiger partial charge on any atom is 0.341 e. The molecule has 2 N–H and O–H groups in total. The van der Waals surface area contributed by atoms with Gasteiger partial charge in [-0.2, -0.15) is 0 Å². The maximum absolute atomic E-state index is 14.3. The number of halogens is 1. The summed E-state index contributed by atoms with van der Waals surface area (Å²) >= 11 is 0. The quantitative estimate of drug-likeness (QED) is 0.317. The first kappa shape index (κ1) is 27.5. The minimum Gasteiger partial charge on any atom is -0.477 e. The second-order valence-corrected chi connectivity index (χ2v) is 11.1. The van der Waals surface area contributed by atoms with Crippen LogP contribution in [-0.4, -0.2) is 40.2 Å². The van der Waals surface area contributed by atoms with Gasteiger partial charge in [-0.15, -0.1) is 0 Å². The predicted molar refractivity (Wildman–Crippen MR) is 142 cm³/mol. The lowest BCUT2D eigenvalue weighted by molar-refractivity contribution is -0.0140. The number of nitrogens with one attached hydrogen (secondary N) is 1. The fraction of sp³-hybridized carbons (Fsp3) is 0.483. The van der Waals surface area contributed by atoms with Crippen LogP contribution >= 0.6 is 0 Å². The van der Waals surface area contributed by atoms with Crippen molar-refractivity contribution in [2.24, 2.45) is 11.3 Å². The predicted octanol–water partition coefficient (Wildman–Crippen LogP) is 6.15. The Morgan fingerprint density at radius 2 is 2.08 bits per heavy atom. The van der Waals surface area contributed by atoms with Gasteiger partial charge in [0.25, 0.3) is 0 Å². The molecule has 6 nitrogen and oxygen atoms in total. The molecule has 0 spiro atoms. The number of carboxylic acid groups (broad SMARTS) is 1. The molecule has 1 atom stereocenters. The molecule has 2 aliphatic carbocycles. The van der Waals surface area contributed by atoms with E-state index in [0.29, 0.717) is 55.0 Å². The van der Waals surface area contributed by atoms with Crippen molar-refractivity contribution in [2.75, 3.05) is 13.2 Å². The number of carbonyl (C=O) groups is 1. The maximum atomic E-state index is 14.3. The van der Waals surface area contributed by atoms with Crippen LogP contribution in [0.1, 0.15) is 76.0 Å². The van der Waals surface area contributed by atoms with Crippen LogP contribution < -0.4 is 5.43 Å². The summed E-state index contributed by atoms with van der Waals surface area (Å²) < 4.78 is 21.9. The van der Waals surface area contributed by atoms with E-state index in [0.717, 1.165) is 5.57 Å². The number of allylic oxidation sites excluding steroid dienone is 5. The minimum atomic E-state index is -1.26. The standard InChI is InChI=1S/C29H37FN2O4/c1-18(2)29(30)14-20(15-29)17-36-11-10-21-8-7-9-22(26(21)31)12-23-13-25(33)24(27(34)35)16-32(23)19(3)28(4,5)6/h7-9,12-13,16,19-20,31H,1,10-11,14-15,17H2,2-6H3,(H,34,35)/b22-12+,31-26?. The monoisotopic (exact) mass is 496 g/mol. The molecular weight excluding hydrogens is 459 g/mol. The number of pyridine rings is 1. The number of aromatic nitrogens is 1. The van der Waals surface area contributed by atoms with Crippen LogP contribution in [0.15, 0.2) is 58.6 Å². The molecule has 0 aliphatic heterocycles. The Bertz CT molecular complexity index is 1210. The van der Waals surface area contributed by atoms with Crippen molar-refractivity contribution >= 4 is 17.8 Å². The summed E-state index contributed by atoms with van der Waals surface area (Å²) in [6.45, 7) is 14.5. The number of aromatic carboxylic acids is 1. The Balaban J connectivity index is 1.72. The number of rotatable bonds is 9. The minimum absolute atomic E-state index is 0.104. The Labute approximate surface area is 212 Å². The molecule has 1 saturated carbocycles. The Hall–Kier alpha value is -3.06. The average molecular weight is 497 g/mol. The molecule has 0 bridgehead atoms. The highest BCUT2D eigenvalue weighted by molar-refractivity contribution is 6.15. The van der Waals surface area contributed by atoms with Gasteiger partial charge >= 0.3 is 5.97 Å². The number of carboxylic acids is 1. The SMILES string of the molecule is C=C(C)C1(F)CC(COCCC2=CC=C/C(=C\c3cc(=O)c(C(=O)O)cn3C(C)C(C)(C)C)C2=N)C1. The highest BCUT2D eigenvalue weighted by Crippen LogP contribution is 2.45. The summed E-state index contributed by atoms with van der Waals surface area (Å²) in [6, 6.07) is 1.22. The number of alkyl halides is 1. The van der Waals surface area contributed by atoms with Gasteiger partial charge in [-0.05, 0) is 61.7 Å². The van der Waals surface area contributed by atoms with E-state index < -0.39 is 17.1 Å². The van der Waals surface area contributed by atoms with Gasteiger partial charge in [0.15, 0.2) is 5.43 Å². The van der Waals surface area contributed by atoms with Gasteiger partial charge in [-0.1, -0.05) is 45.6 Å². The molecule has 0 saturated heterocycles. The van der Waals surface area contributed by atoms with Crippen LogP contribution in [0.25, 0.3) is 6.08 Å². The molecule has 0 amide bonds. The second-order valence-electron chi connectivity index (χ2n) is 11.1. The van der Waals surface area contributed by atoms with E-state index in [4.69, 9.17) is 10.1 Å². The molecule has 0 radical (unpaired) electrons. The van der Waals surface area contributed by atoms with Gasteiger partial charge < -0.3 is 14.4 Å². The first-order chi connectivity index (χ1) is 16.7. The Kier molecular flexibility index (Phi) is 8.04. The fourth-order valence-corrected chi connectivity index (χ4v) is 4.46. The van der Waals surface area contributed by atoms with Gasteiger partial charge in [-0.3, -0.25) is 10.2 Å². The third kappa shape index (κ3) is 6.01. The first-order valence-corrected chi connectivity index (χ1v) is 12.3. The summed E-state index contributed by atoms with van der Waals surface area (Å²) in [5, 5.41) is 18.2. The zero-order valence-corrected chi connectivity index (χ0v) is 21.9. The van der Waals surface area contributed by atoms with Gasteiger partial charge in [0.1, 0.15) is 11.2 Å². The highest BCUT2D eigenvalue weighted by Gasteiger charge is 2.45. The van der Waals surface area contributed by atoms with Crippen LogP contribution in [0.5, 0.6) is 0 Å². The van der Waals surface area contributed by atoms with Crippen molar-refractivity contribution < 1.29 is 19.0 Å². The zero-order chi connectivity index (χ0) is 26.8. The fourth-order valence-electron chi connectivity index (χ4n) is 4.46. The van der Waals surface area contributed by atoms with E-state index in [1.165, 1.54) is 12.3 Å². The lowest BCUT2D eigenvalue weighted by Crippen LogP contribution is -2.42. The second kappa shape index (κ2) is 10.5. The number of hydrogen-bond donors (Lipinski definition) is 2. The van der Waals surface area contributed by atoms with Crippen LogP contribution in [0.2, 0.25) is 0 Å².